The first-order valence-electron chi connectivity index (χ1n) is 9.50. The Morgan fingerprint density at radius 2 is 1.97 bits per heavy atom. The van der Waals surface area contributed by atoms with Crippen LogP contribution >= 0.6 is 11.6 Å². The van der Waals surface area contributed by atoms with Crippen molar-refractivity contribution in [2.24, 2.45) is 5.92 Å². The van der Waals surface area contributed by atoms with Crippen LogP contribution in [0.15, 0.2) is 42.5 Å². The summed E-state index contributed by atoms with van der Waals surface area (Å²) in [6.07, 6.45) is -0.0449. The number of benzene rings is 2. The molecule has 1 aliphatic heterocycles. The molecule has 1 atom stereocenters. The van der Waals surface area contributed by atoms with Crippen LogP contribution in [0.4, 0.5) is 11.4 Å². The first-order valence-corrected chi connectivity index (χ1v) is 9.87. The van der Waals surface area contributed by atoms with E-state index in [1.165, 1.54) is 25.0 Å². The molecule has 0 aromatic heterocycles. The maximum Gasteiger partial charge on any atom is 0.311 e. The average Bonchev–Trinajstić information content (AvgIpc) is 3.13. The highest BCUT2D eigenvalue weighted by molar-refractivity contribution is 6.31. The van der Waals surface area contributed by atoms with Crippen molar-refractivity contribution < 1.29 is 28.7 Å². The summed E-state index contributed by atoms with van der Waals surface area (Å²) in [5.41, 5.74) is 1.35. The number of anilines is 2. The highest BCUT2D eigenvalue weighted by Crippen LogP contribution is 2.35. The number of halogens is 1. The number of rotatable bonds is 7. The molecule has 1 heterocycles. The van der Waals surface area contributed by atoms with E-state index >= 15 is 0 Å². The Morgan fingerprint density at radius 3 is 2.68 bits per heavy atom. The van der Waals surface area contributed by atoms with E-state index in [1.807, 2.05) is 0 Å². The largest absolute Gasteiger partial charge is 0.495 e. The summed E-state index contributed by atoms with van der Waals surface area (Å²) >= 11 is 6.03. The fourth-order valence-corrected chi connectivity index (χ4v) is 3.41. The molecule has 0 spiro atoms. The van der Waals surface area contributed by atoms with E-state index in [9.17, 15) is 19.2 Å². The molecule has 162 valence electrons. The number of ether oxygens (including phenoxy) is 2. The van der Waals surface area contributed by atoms with E-state index in [0.29, 0.717) is 27.7 Å². The third-order valence-corrected chi connectivity index (χ3v) is 5.02. The fourth-order valence-electron chi connectivity index (χ4n) is 3.24. The van der Waals surface area contributed by atoms with E-state index in [2.05, 4.69) is 5.32 Å². The maximum absolute atomic E-state index is 12.4. The summed E-state index contributed by atoms with van der Waals surface area (Å²) in [7, 11) is 1.48. The Morgan fingerprint density at radius 1 is 1.19 bits per heavy atom. The van der Waals surface area contributed by atoms with Crippen LogP contribution in [0.25, 0.3) is 0 Å². The van der Waals surface area contributed by atoms with Crippen LogP contribution in [0.3, 0.4) is 0 Å². The van der Waals surface area contributed by atoms with Gasteiger partial charge in [0.1, 0.15) is 5.75 Å². The Labute approximate surface area is 184 Å². The van der Waals surface area contributed by atoms with Gasteiger partial charge in [-0.25, -0.2) is 0 Å². The highest BCUT2D eigenvalue weighted by Gasteiger charge is 2.37. The molecule has 0 aliphatic carbocycles. The van der Waals surface area contributed by atoms with Gasteiger partial charge in [-0.05, 0) is 37.3 Å². The first kappa shape index (κ1) is 22.3. The zero-order chi connectivity index (χ0) is 22.5. The first-order chi connectivity index (χ1) is 14.8. The lowest BCUT2D eigenvalue weighted by Gasteiger charge is -2.19. The van der Waals surface area contributed by atoms with Crippen molar-refractivity contribution in [2.75, 3.05) is 30.5 Å². The normalized spacial score (nSPS) is 15.5. The van der Waals surface area contributed by atoms with Crippen LogP contribution < -0.4 is 15.0 Å². The van der Waals surface area contributed by atoms with Crippen molar-refractivity contribution >= 4 is 46.5 Å². The van der Waals surface area contributed by atoms with Crippen LogP contribution in [-0.2, 0) is 19.1 Å². The molecule has 0 saturated carbocycles. The van der Waals surface area contributed by atoms with E-state index in [-0.39, 0.29) is 24.7 Å². The molecule has 2 aromatic carbocycles. The van der Waals surface area contributed by atoms with Gasteiger partial charge in [-0.3, -0.25) is 19.2 Å². The number of carbonyl (C=O) groups is 4. The Bertz CT molecular complexity index is 1040. The molecule has 2 aromatic rings. The molecule has 3 rings (SSSR count). The van der Waals surface area contributed by atoms with Gasteiger partial charge in [-0.1, -0.05) is 23.7 Å². The summed E-state index contributed by atoms with van der Waals surface area (Å²) in [6, 6.07) is 11.3. The summed E-state index contributed by atoms with van der Waals surface area (Å²) in [6.45, 7) is 1.01. The number of methoxy groups -OCH3 is 1. The lowest BCUT2D eigenvalue weighted by Crippen LogP contribution is -2.28. The number of ketones is 1. The predicted octanol–water partition coefficient (Wildman–Crippen LogP) is 3.09. The van der Waals surface area contributed by atoms with Crippen molar-refractivity contribution in [2.45, 2.75) is 13.3 Å². The van der Waals surface area contributed by atoms with Crippen molar-refractivity contribution in [3.8, 4) is 5.75 Å². The topological polar surface area (TPSA) is 102 Å². The SMILES string of the molecule is COc1ccc(Cl)cc1N1C[C@@H](C(=O)OCC(=O)Nc2cccc(C(C)=O)c2)CC1=O. The van der Waals surface area contributed by atoms with E-state index in [1.54, 1.807) is 36.4 Å². The van der Waals surface area contributed by atoms with Gasteiger partial charge in [-0.2, -0.15) is 0 Å². The number of nitrogens with zero attached hydrogens (tertiary/aromatic N) is 1. The molecule has 1 aliphatic rings. The third-order valence-electron chi connectivity index (χ3n) is 4.79. The molecule has 1 saturated heterocycles. The van der Waals surface area contributed by atoms with E-state index < -0.39 is 24.4 Å². The molecule has 8 nitrogen and oxygen atoms in total. The lowest BCUT2D eigenvalue weighted by atomic mass is 10.1. The van der Waals surface area contributed by atoms with Gasteiger partial charge in [-0.15, -0.1) is 0 Å². The van der Waals surface area contributed by atoms with E-state index in [4.69, 9.17) is 21.1 Å². The second-order valence-electron chi connectivity index (χ2n) is 7.01. The quantitative estimate of drug-likeness (QED) is 0.520. The Hall–Kier alpha value is -3.39. The number of carbonyl (C=O) groups excluding carboxylic acids is 4. The smallest absolute Gasteiger partial charge is 0.311 e. The van der Waals surface area contributed by atoms with Crippen LogP contribution in [0, 0.1) is 5.92 Å². The van der Waals surface area contributed by atoms with Crippen LogP contribution in [-0.4, -0.2) is 43.8 Å². The molecule has 31 heavy (non-hydrogen) atoms. The number of hydrogen-bond acceptors (Lipinski definition) is 6. The molecule has 2 amide bonds. The molecule has 1 fully saturated rings. The second-order valence-corrected chi connectivity index (χ2v) is 7.45. The molecule has 0 bridgehead atoms. The molecule has 0 radical (unpaired) electrons. The summed E-state index contributed by atoms with van der Waals surface area (Å²) < 4.78 is 10.4. The second kappa shape index (κ2) is 9.61. The number of hydrogen-bond donors (Lipinski definition) is 1. The molecular weight excluding hydrogens is 424 g/mol. The molecule has 9 heteroatoms. The Kier molecular flexibility index (Phi) is 6.91. The summed E-state index contributed by atoms with van der Waals surface area (Å²) in [5, 5.41) is 3.00. The maximum atomic E-state index is 12.4. The van der Waals surface area contributed by atoms with Gasteiger partial charge in [0, 0.05) is 29.2 Å². The number of amides is 2. The number of Topliss-reactive ketones (excluding diaryl/α,β-unsaturated/α-hetero) is 1. The van der Waals surface area contributed by atoms with Gasteiger partial charge in [0.2, 0.25) is 5.91 Å². The van der Waals surface area contributed by atoms with Gasteiger partial charge >= 0.3 is 5.97 Å². The average molecular weight is 445 g/mol. The third kappa shape index (κ3) is 5.40. The van der Waals surface area contributed by atoms with E-state index in [0.717, 1.165) is 0 Å². The zero-order valence-electron chi connectivity index (χ0n) is 17.0. The van der Waals surface area contributed by atoms with Gasteiger partial charge in [0.25, 0.3) is 5.91 Å². The monoisotopic (exact) mass is 444 g/mol. The van der Waals surface area contributed by atoms with Crippen LogP contribution in [0.2, 0.25) is 5.02 Å². The van der Waals surface area contributed by atoms with Gasteiger partial charge in [0.15, 0.2) is 12.4 Å². The molecular formula is C22H21ClN2O6. The Balaban J connectivity index is 1.57. The van der Waals surface area contributed by atoms with Crippen molar-refractivity contribution in [1.82, 2.24) is 0 Å². The van der Waals surface area contributed by atoms with Crippen LogP contribution in [0.1, 0.15) is 23.7 Å². The molecule has 1 N–H and O–H groups in total. The van der Waals surface area contributed by atoms with Crippen molar-refractivity contribution in [3.63, 3.8) is 0 Å². The lowest BCUT2D eigenvalue weighted by molar-refractivity contribution is -0.151. The molecule has 0 unspecified atom stereocenters. The minimum Gasteiger partial charge on any atom is -0.495 e. The van der Waals surface area contributed by atoms with Crippen LogP contribution in [0.5, 0.6) is 5.75 Å². The zero-order valence-corrected chi connectivity index (χ0v) is 17.8. The number of esters is 1. The minimum absolute atomic E-state index is 0.0449. The summed E-state index contributed by atoms with van der Waals surface area (Å²) in [5.74, 6) is -1.86. The standard InChI is InChI=1S/C22H21ClN2O6/c1-13(26)14-4-3-5-17(8-14)24-20(27)12-31-22(29)15-9-21(28)25(11-15)18-10-16(23)6-7-19(18)30-2/h3-8,10,15H,9,11-12H2,1-2H3,(H,24,27)/t15-/m0/s1. The highest BCUT2D eigenvalue weighted by atomic mass is 35.5. The van der Waals surface area contributed by atoms with Crippen molar-refractivity contribution in [3.05, 3.63) is 53.1 Å². The van der Waals surface area contributed by atoms with Gasteiger partial charge in [0.05, 0.1) is 18.7 Å². The fraction of sp³-hybridized carbons (Fsp3) is 0.273. The number of nitrogens with one attached hydrogen (secondary N) is 1. The van der Waals surface area contributed by atoms with Gasteiger partial charge < -0.3 is 19.7 Å². The predicted molar refractivity (Wildman–Crippen MR) is 114 cm³/mol. The minimum atomic E-state index is -0.718. The van der Waals surface area contributed by atoms with Crippen molar-refractivity contribution in [1.29, 1.82) is 0 Å². The summed E-state index contributed by atoms with van der Waals surface area (Å²) in [4.78, 5) is 49.8.